The first-order chi connectivity index (χ1) is 15.9. The van der Waals surface area contributed by atoms with Crippen LogP contribution in [0.4, 0.5) is 0 Å². The van der Waals surface area contributed by atoms with Gasteiger partial charge < -0.3 is 9.47 Å². The number of esters is 2. The maximum atomic E-state index is 12.5. The van der Waals surface area contributed by atoms with E-state index in [1.807, 2.05) is 6.92 Å². The lowest BCUT2D eigenvalue weighted by molar-refractivity contribution is -0.170. The Labute approximate surface area is 205 Å². The summed E-state index contributed by atoms with van der Waals surface area (Å²) in [6.07, 6.45) is 13.5. The van der Waals surface area contributed by atoms with Crippen LogP contribution in [0.25, 0.3) is 0 Å². The van der Waals surface area contributed by atoms with E-state index in [2.05, 4.69) is 40.7 Å². The van der Waals surface area contributed by atoms with E-state index in [9.17, 15) is 9.59 Å². The highest BCUT2D eigenvalue weighted by molar-refractivity contribution is 5.88. The molecule has 0 aromatic carbocycles. The molecule has 34 heavy (non-hydrogen) atoms. The van der Waals surface area contributed by atoms with E-state index in [1.165, 1.54) is 44.9 Å². The molecule has 0 aromatic heterocycles. The minimum absolute atomic E-state index is 0.0142. The summed E-state index contributed by atoms with van der Waals surface area (Å²) in [6, 6.07) is 0. The van der Waals surface area contributed by atoms with Crippen LogP contribution in [0.5, 0.6) is 0 Å². The minimum Gasteiger partial charge on any atom is -0.459 e. The number of hydrogen-bond donors (Lipinski definition) is 0. The molecule has 188 valence electrons. The fourth-order valence-electron chi connectivity index (χ4n) is 11.1. The Balaban J connectivity index is 1.30. The first kappa shape index (κ1) is 23.1. The van der Waals surface area contributed by atoms with Gasteiger partial charge in [0.1, 0.15) is 11.7 Å². The molecule has 6 rings (SSSR count). The Morgan fingerprint density at radius 1 is 0.912 bits per heavy atom. The molecule has 0 amide bonds. The average Bonchev–Trinajstić information content (AvgIpc) is 3.39. The van der Waals surface area contributed by atoms with Crippen molar-refractivity contribution in [2.45, 2.75) is 117 Å². The number of carbonyl (C=O) groups is 2. The molecule has 6 aliphatic rings. The zero-order valence-electron chi connectivity index (χ0n) is 22.2. The molecule has 2 spiro atoms. The van der Waals surface area contributed by atoms with Crippen LogP contribution in [0.3, 0.4) is 0 Å². The predicted molar refractivity (Wildman–Crippen MR) is 131 cm³/mol. The molecule has 2 heterocycles. The summed E-state index contributed by atoms with van der Waals surface area (Å²) >= 11 is 0. The number of hydrogen-bond acceptors (Lipinski definition) is 4. The van der Waals surface area contributed by atoms with E-state index in [0.717, 1.165) is 24.3 Å². The van der Waals surface area contributed by atoms with Crippen molar-refractivity contribution in [3.63, 3.8) is 0 Å². The third-order valence-corrected chi connectivity index (χ3v) is 13.0. The second kappa shape index (κ2) is 6.91. The van der Waals surface area contributed by atoms with Crippen molar-refractivity contribution < 1.29 is 19.1 Å². The van der Waals surface area contributed by atoms with Gasteiger partial charge in [0.2, 0.25) is 0 Å². The molecule has 0 aromatic rings. The smallest absolute Gasteiger partial charge is 0.333 e. The van der Waals surface area contributed by atoms with Crippen molar-refractivity contribution in [2.75, 3.05) is 0 Å². The molecule has 5 fully saturated rings. The van der Waals surface area contributed by atoms with Gasteiger partial charge in [-0.1, -0.05) is 26.8 Å². The van der Waals surface area contributed by atoms with Crippen LogP contribution in [-0.4, -0.2) is 23.6 Å². The van der Waals surface area contributed by atoms with E-state index >= 15 is 0 Å². The Bertz CT molecular complexity index is 965. The first-order valence-electron chi connectivity index (χ1n) is 14.0. The van der Waals surface area contributed by atoms with Gasteiger partial charge in [-0.05, 0) is 112 Å². The zero-order chi connectivity index (χ0) is 24.3. The van der Waals surface area contributed by atoms with Crippen molar-refractivity contribution in [2.24, 2.45) is 45.3 Å². The maximum absolute atomic E-state index is 12.5. The Morgan fingerprint density at radius 3 is 2.35 bits per heavy atom. The van der Waals surface area contributed by atoms with Gasteiger partial charge in [-0.25, -0.2) is 4.79 Å². The van der Waals surface area contributed by atoms with Crippen molar-refractivity contribution in [3.05, 3.63) is 11.6 Å². The van der Waals surface area contributed by atoms with E-state index in [-0.39, 0.29) is 29.1 Å². The number of ether oxygens (including phenoxy) is 2. The fraction of sp³-hybridized carbons (Fsp3) is 0.867. The lowest BCUT2D eigenvalue weighted by Gasteiger charge is -2.61. The van der Waals surface area contributed by atoms with Gasteiger partial charge in [0.25, 0.3) is 0 Å². The minimum atomic E-state index is -0.340. The van der Waals surface area contributed by atoms with Crippen LogP contribution in [0.1, 0.15) is 106 Å². The van der Waals surface area contributed by atoms with Gasteiger partial charge >= 0.3 is 11.9 Å². The van der Waals surface area contributed by atoms with Gasteiger partial charge in [0.05, 0.1) is 0 Å². The molecular weight excluding hydrogens is 424 g/mol. The first-order valence-corrected chi connectivity index (χ1v) is 14.0. The van der Waals surface area contributed by atoms with Gasteiger partial charge in [-0.3, -0.25) is 4.79 Å². The largest absolute Gasteiger partial charge is 0.459 e. The Kier molecular flexibility index (Phi) is 4.70. The van der Waals surface area contributed by atoms with Crippen LogP contribution in [0.2, 0.25) is 0 Å². The van der Waals surface area contributed by atoms with Crippen LogP contribution < -0.4 is 0 Å². The van der Waals surface area contributed by atoms with E-state index in [1.54, 1.807) is 0 Å². The summed E-state index contributed by atoms with van der Waals surface area (Å²) < 4.78 is 11.9. The summed E-state index contributed by atoms with van der Waals surface area (Å²) in [7, 11) is 0. The second-order valence-electron chi connectivity index (χ2n) is 14.2. The lowest BCUT2D eigenvalue weighted by Crippen LogP contribution is -2.56. The van der Waals surface area contributed by atoms with Crippen molar-refractivity contribution >= 4 is 11.9 Å². The molecule has 0 radical (unpaired) electrons. The standard InChI is InChI=1S/C30H44O4/c1-18-7-8-21(33-25(18)32)19(2)20-11-13-28(6)23-10-9-22-26(3,4)34-24(31)12-14-29(22)17-30(23,29)16-15-27(20,28)5/h7,19-23H,8-17H2,1-6H3/t19-,20+,21+,22-,23-,27+,28-,29+,30-/m0/s1. The highest BCUT2D eigenvalue weighted by Gasteiger charge is 2.82. The highest BCUT2D eigenvalue weighted by Crippen LogP contribution is 2.88. The van der Waals surface area contributed by atoms with Crippen LogP contribution in [-0.2, 0) is 19.1 Å². The molecule has 4 saturated carbocycles. The second-order valence-corrected chi connectivity index (χ2v) is 14.2. The van der Waals surface area contributed by atoms with Crippen molar-refractivity contribution in [1.82, 2.24) is 0 Å². The topological polar surface area (TPSA) is 52.6 Å². The van der Waals surface area contributed by atoms with Gasteiger partial charge in [-0.2, -0.15) is 0 Å². The quantitative estimate of drug-likeness (QED) is 0.427. The number of rotatable bonds is 2. The molecule has 0 bridgehead atoms. The third-order valence-electron chi connectivity index (χ3n) is 13.0. The summed E-state index contributed by atoms with van der Waals surface area (Å²) in [5, 5.41) is 0. The molecule has 9 atom stereocenters. The van der Waals surface area contributed by atoms with Crippen molar-refractivity contribution in [1.29, 1.82) is 0 Å². The SMILES string of the molecule is CC1=CC[C@H]([C@@H](C)[C@H]2CC[C@@]3(C)[C@@H]4CC[C@H]5C(C)(C)OC(=O)CC[C@@]56C[C@@]46CC[C@]23C)OC1=O. The summed E-state index contributed by atoms with van der Waals surface area (Å²) in [6.45, 7) is 13.8. The van der Waals surface area contributed by atoms with Gasteiger partial charge in [0, 0.05) is 24.3 Å². The molecule has 0 unspecified atom stereocenters. The van der Waals surface area contributed by atoms with Crippen LogP contribution >= 0.6 is 0 Å². The van der Waals surface area contributed by atoms with Crippen LogP contribution in [0.15, 0.2) is 11.6 Å². The van der Waals surface area contributed by atoms with E-state index in [0.29, 0.717) is 40.4 Å². The zero-order valence-corrected chi connectivity index (χ0v) is 22.2. The normalized spacial score (nSPS) is 52.0. The average molecular weight is 469 g/mol. The summed E-state index contributed by atoms with van der Waals surface area (Å²) in [4.78, 5) is 24.8. The molecule has 1 saturated heterocycles. The lowest BCUT2D eigenvalue weighted by atomic mass is 9.43. The monoisotopic (exact) mass is 468 g/mol. The molecule has 4 heteroatoms. The maximum Gasteiger partial charge on any atom is 0.333 e. The fourth-order valence-corrected chi connectivity index (χ4v) is 11.1. The molecular formula is C30H44O4. The summed E-state index contributed by atoms with van der Waals surface area (Å²) in [5.74, 6) is 2.13. The third kappa shape index (κ3) is 2.67. The molecule has 2 aliphatic heterocycles. The number of carbonyl (C=O) groups excluding carboxylic acids is 2. The number of fused-ring (bicyclic) bond motifs is 2. The van der Waals surface area contributed by atoms with Gasteiger partial charge in [-0.15, -0.1) is 0 Å². The highest BCUT2D eigenvalue weighted by atomic mass is 16.6. The molecule has 4 nitrogen and oxygen atoms in total. The van der Waals surface area contributed by atoms with Crippen LogP contribution in [0, 0.1) is 45.3 Å². The van der Waals surface area contributed by atoms with E-state index < -0.39 is 0 Å². The molecule has 4 aliphatic carbocycles. The van der Waals surface area contributed by atoms with Gasteiger partial charge in [0.15, 0.2) is 0 Å². The Hall–Kier alpha value is -1.32. The molecule has 0 N–H and O–H groups in total. The van der Waals surface area contributed by atoms with E-state index in [4.69, 9.17) is 9.47 Å². The summed E-state index contributed by atoms with van der Waals surface area (Å²) in [5.41, 5.74) is 1.74. The predicted octanol–water partition coefficient (Wildman–Crippen LogP) is 6.62. The number of cyclic esters (lactones) is 2. The van der Waals surface area contributed by atoms with Crippen molar-refractivity contribution in [3.8, 4) is 0 Å². The Morgan fingerprint density at radius 2 is 1.62 bits per heavy atom.